The van der Waals surface area contributed by atoms with Gasteiger partial charge in [0, 0.05) is 31.7 Å². The molecule has 0 amide bonds. The number of hydrogen-bond acceptors (Lipinski definition) is 7. The predicted octanol–water partition coefficient (Wildman–Crippen LogP) is 3.59. The SMILES string of the molecule is CO[C@@H]1C[C@H](n2cc(C)c(=O)[nH]c2=O)O[C@@H]1CO[Si](OC(C)(C)CCC(C)=O)(C(C)C)C(C)C. The second-order valence-electron chi connectivity index (χ2n) is 10.5. The normalized spacial score (nSPS) is 21.6. The van der Waals surface area contributed by atoms with Crippen molar-refractivity contribution in [1.82, 2.24) is 9.55 Å². The minimum absolute atomic E-state index is 0.139. The van der Waals surface area contributed by atoms with Gasteiger partial charge in [-0.05, 0) is 45.2 Å². The van der Waals surface area contributed by atoms with Crippen molar-refractivity contribution in [2.24, 2.45) is 0 Å². The molecule has 1 aliphatic rings. The zero-order valence-corrected chi connectivity index (χ0v) is 23.1. The summed E-state index contributed by atoms with van der Waals surface area (Å²) in [4.78, 5) is 38.0. The van der Waals surface area contributed by atoms with Crippen LogP contribution in [-0.4, -0.2) is 55.4 Å². The number of ketones is 1. The van der Waals surface area contributed by atoms with Gasteiger partial charge in [0.25, 0.3) is 5.56 Å². The topological polar surface area (TPSA) is 109 Å². The van der Waals surface area contributed by atoms with Gasteiger partial charge in [-0.1, -0.05) is 27.7 Å². The fourth-order valence-corrected chi connectivity index (χ4v) is 8.43. The molecule has 1 aliphatic heterocycles. The van der Waals surface area contributed by atoms with E-state index in [0.29, 0.717) is 24.8 Å². The second-order valence-corrected chi connectivity index (χ2v) is 14.8. The minimum Gasteiger partial charge on any atom is -0.391 e. The first-order valence-electron chi connectivity index (χ1n) is 12.1. The first kappa shape index (κ1) is 28.6. The van der Waals surface area contributed by atoms with E-state index in [9.17, 15) is 14.4 Å². The molecule has 1 saturated heterocycles. The molecule has 9 nitrogen and oxygen atoms in total. The summed E-state index contributed by atoms with van der Waals surface area (Å²) in [5.74, 6) is 0.139. The molecule has 1 aromatic heterocycles. The lowest BCUT2D eigenvalue weighted by Gasteiger charge is -2.44. The average Bonchev–Trinajstić information content (AvgIpc) is 3.15. The van der Waals surface area contributed by atoms with Gasteiger partial charge in [0.15, 0.2) is 0 Å². The lowest BCUT2D eigenvalue weighted by Crippen LogP contribution is -2.54. The van der Waals surface area contributed by atoms with Gasteiger partial charge in [-0.2, -0.15) is 0 Å². The lowest BCUT2D eigenvalue weighted by molar-refractivity contribution is -0.118. The Morgan fingerprint density at radius 2 is 1.88 bits per heavy atom. The molecule has 1 fully saturated rings. The molecule has 0 spiro atoms. The number of hydrogen-bond donors (Lipinski definition) is 1. The molecule has 10 heteroatoms. The van der Waals surface area contributed by atoms with E-state index in [0.717, 1.165) is 0 Å². The third kappa shape index (κ3) is 6.75. The highest BCUT2D eigenvalue weighted by Crippen LogP contribution is 2.40. The maximum absolute atomic E-state index is 12.4. The molecule has 1 aromatic rings. The molecule has 2 heterocycles. The molecule has 34 heavy (non-hydrogen) atoms. The summed E-state index contributed by atoms with van der Waals surface area (Å²) in [6, 6.07) is 0. The van der Waals surface area contributed by atoms with Gasteiger partial charge in [0.1, 0.15) is 18.1 Å². The Balaban J connectivity index is 2.23. The number of nitrogens with zero attached hydrogens (tertiary/aromatic N) is 1. The smallest absolute Gasteiger partial charge is 0.343 e. The Labute approximate surface area is 203 Å². The second kappa shape index (κ2) is 11.4. The average molecular weight is 499 g/mol. The van der Waals surface area contributed by atoms with Crippen LogP contribution in [0.2, 0.25) is 11.1 Å². The molecule has 0 saturated carbocycles. The first-order chi connectivity index (χ1) is 15.7. The Bertz CT molecular complexity index is 945. The zero-order chi connectivity index (χ0) is 25.8. The summed E-state index contributed by atoms with van der Waals surface area (Å²) in [5.41, 5.74) is -0.674. The lowest BCUT2D eigenvalue weighted by atomic mass is 10.0. The monoisotopic (exact) mass is 498 g/mol. The highest BCUT2D eigenvalue weighted by atomic mass is 28.4. The van der Waals surface area contributed by atoms with E-state index in [-0.39, 0.29) is 29.6 Å². The van der Waals surface area contributed by atoms with Gasteiger partial charge in [0.05, 0.1) is 18.3 Å². The number of H-pyrrole nitrogens is 1. The number of ether oxygens (including phenoxy) is 2. The third-order valence-electron chi connectivity index (χ3n) is 6.54. The van der Waals surface area contributed by atoms with E-state index in [2.05, 4.69) is 32.7 Å². The van der Waals surface area contributed by atoms with Gasteiger partial charge in [-0.3, -0.25) is 14.3 Å². The molecule has 0 bridgehead atoms. The molecule has 1 N–H and O–H groups in total. The Kier molecular flexibility index (Phi) is 9.63. The van der Waals surface area contributed by atoms with Gasteiger partial charge in [-0.15, -0.1) is 0 Å². The molecular formula is C24H42N2O7Si. The zero-order valence-electron chi connectivity index (χ0n) is 22.1. The fourth-order valence-electron chi connectivity index (χ4n) is 4.51. The summed E-state index contributed by atoms with van der Waals surface area (Å²) in [7, 11) is -1.15. The van der Waals surface area contributed by atoms with Crippen molar-refractivity contribution in [3.8, 4) is 0 Å². The highest BCUT2D eigenvalue weighted by Gasteiger charge is 2.50. The summed E-state index contributed by atoms with van der Waals surface area (Å²) in [5, 5.41) is 0. The van der Waals surface area contributed by atoms with Crippen LogP contribution in [0.4, 0.5) is 0 Å². The number of aromatic amines is 1. The van der Waals surface area contributed by atoms with Gasteiger partial charge in [0.2, 0.25) is 0 Å². The number of rotatable bonds is 12. The van der Waals surface area contributed by atoms with Gasteiger partial charge < -0.3 is 23.1 Å². The highest BCUT2D eigenvalue weighted by molar-refractivity contribution is 6.70. The molecule has 194 valence electrons. The summed E-state index contributed by atoms with van der Waals surface area (Å²) < 4.78 is 26.7. The van der Waals surface area contributed by atoms with E-state index in [4.69, 9.17) is 18.3 Å². The molecule has 0 aliphatic carbocycles. The number of nitrogens with one attached hydrogen (secondary N) is 1. The number of Topliss-reactive ketones (excluding diaryl/α,β-unsaturated/α-hetero) is 1. The van der Waals surface area contributed by atoms with Crippen LogP contribution in [0.25, 0.3) is 0 Å². The summed E-state index contributed by atoms with van der Waals surface area (Å²) in [6.07, 6.45) is 1.81. The van der Waals surface area contributed by atoms with Gasteiger partial charge >= 0.3 is 14.3 Å². The minimum atomic E-state index is -2.76. The molecule has 3 atom stereocenters. The van der Waals surface area contributed by atoms with E-state index in [1.807, 2.05) is 13.8 Å². The van der Waals surface area contributed by atoms with E-state index >= 15 is 0 Å². The van der Waals surface area contributed by atoms with Crippen molar-refractivity contribution in [3.05, 3.63) is 32.6 Å². The number of carbonyl (C=O) groups is 1. The number of carbonyl (C=O) groups excluding carboxylic acids is 1. The van der Waals surface area contributed by atoms with Crippen molar-refractivity contribution in [2.75, 3.05) is 13.7 Å². The quantitative estimate of drug-likeness (QED) is 0.439. The number of aromatic nitrogens is 2. The molecule has 0 radical (unpaired) electrons. The molecule has 0 unspecified atom stereocenters. The molecule has 0 aromatic carbocycles. The van der Waals surface area contributed by atoms with Crippen LogP contribution >= 0.6 is 0 Å². The van der Waals surface area contributed by atoms with Crippen molar-refractivity contribution in [3.63, 3.8) is 0 Å². The fraction of sp³-hybridized carbons (Fsp3) is 0.792. The van der Waals surface area contributed by atoms with Crippen LogP contribution in [0.1, 0.15) is 79.5 Å². The van der Waals surface area contributed by atoms with Crippen LogP contribution in [0, 0.1) is 6.92 Å². The summed E-state index contributed by atoms with van der Waals surface area (Å²) in [6.45, 7) is 16.0. The van der Waals surface area contributed by atoms with Gasteiger partial charge in [-0.25, -0.2) is 4.79 Å². The number of aryl methyl sites for hydroxylation is 1. The van der Waals surface area contributed by atoms with Crippen LogP contribution < -0.4 is 11.2 Å². The van der Waals surface area contributed by atoms with Crippen LogP contribution in [0.5, 0.6) is 0 Å². The molecular weight excluding hydrogens is 456 g/mol. The van der Waals surface area contributed by atoms with Crippen molar-refractivity contribution in [1.29, 1.82) is 0 Å². The van der Waals surface area contributed by atoms with Crippen molar-refractivity contribution >= 4 is 14.3 Å². The molecule has 2 rings (SSSR count). The number of methoxy groups -OCH3 is 1. The largest absolute Gasteiger partial charge is 0.391 e. The Morgan fingerprint density at radius 1 is 1.26 bits per heavy atom. The standard InChI is InChI=1S/C24H42N2O7Si/c1-15(2)34(16(3)4,33-24(7,8)11-10-18(6)27)31-14-20-19(30-9)12-21(32-20)26-13-17(5)22(28)25-23(26)29/h13,15-16,19-21H,10-12,14H2,1-9H3,(H,25,28,29)/t19-,20-,21-/m1/s1. The van der Waals surface area contributed by atoms with Crippen LogP contribution in [0.3, 0.4) is 0 Å². The van der Waals surface area contributed by atoms with E-state index < -0.39 is 37.7 Å². The van der Waals surface area contributed by atoms with Crippen molar-refractivity contribution in [2.45, 2.75) is 110 Å². The predicted molar refractivity (Wildman–Crippen MR) is 132 cm³/mol. The van der Waals surface area contributed by atoms with Crippen molar-refractivity contribution < 1.29 is 23.1 Å². The maximum Gasteiger partial charge on any atom is 0.343 e. The first-order valence-corrected chi connectivity index (χ1v) is 14.0. The summed E-state index contributed by atoms with van der Waals surface area (Å²) >= 11 is 0. The Hall–Kier alpha value is -1.59. The van der Waals surface area contributed by atoms with E-state index in [1.54, 1.807) is 21.0 Å². The Morgan fingerprint density at radius 3 is 2.41 bits per heavy atom. The van der Waals surface area contributed by atoms with E-state index in [1.165, 1.54) is 10.8 Å². The van der Waals surface area contributed by atoms with Crippen LogP contribution in [0.15, 0.2) is 15.8 Å². The van der Waals surface area contributed by atoms with Crippen LogP contribution in [-0.2, 0) is 23.1 Å². The third-order valence-corrected chi connectivity index (χ3v) is 11.2. The maximum atomic E-state index is 12.4.